The van der Waals surface area contributed by atoms with Gasteiger partial charge in [-0.15, -0.1) is 0 Å². The molecule has 2 heterocycles. The second-order valence-electron chi connectivity index (χ2n) is 5.18. The van der Waals surface area contributed by atoms with Crippen LogP contribution in [0.4, 0.5) is 0 Å². The van der Waals surface area contributed by atoms with Gasteiger partial charge in [-0.05, 0) is 37.1 Å². The third-order valence-electron chi connectivity index (χ3n) is 3.34. The van der Waals surface area contributed by atoms with Crippen molar-refractivity contribution in [2.24, 2.45) is 0 Å². The zero-order chi connectivity index (χ0) is 13.9. The van der Waals surface area contributed by atoms with Crippen molar-refractivity contribution in [3.8, 4) is 11.3 Å². The summed E-state index contributed by atoms with van der Waals surface area (Å²) < 4.78 is 5.44. The molecule has 3 heteroatoms. The van der Waals surface area contributed by atoms with Crippen LogP contribution in [0.3, 0.4) is 0 Å². The Kier molecular flexibility index (Phi) is 3.42. The predicted molar refractivity (Wildman–Crippen MR) is 79.7 cm³/mol. The van der Waals surface area contributed by atoms with Crippen molar-refractivity contribution in [3.63, 3.8) is 0 Å². The van der Waals surface area contributed by atoms with Crippen molar-refractivity contribution in [1.29, 1.82) is 0 Å². The van der Waals surface area contributed by atoms with Gasteiger partial charge in [-0.1, -0.05) is 24.3 Å². The highest BCUT2D eigenvalue weighted by atomic mass is 16.5. The van der Waals surface area contributed by atoms with E-state index in [-0.39, 0.29) is 0 Å². The second-order valence-corrected chi connectivity index (χ2v) is 5.18. The largest absolute Gasteiger partial charge is 0.476 e. The lowest BCUT2D eigenvalue weighted by Gasteiger charge is -2.14. The summed E-state index contributed by atoms with van der Waals surface area (Å²) in [7, 11) is 0. The lowest BCUT2D eigenvalue weighted by molar-refractivity contribution is 0.150. The topological polar surface area (TPSA) is 25.4 Å². The number of hydrogen-bond donors (Lipinski definition) is 0. The molecule has 2 aromatic rings. The van der Waals surface area contributed by atoms with Gasteiger partial charge in [0.15, 0.2) is 6.73 Å². The minimum atomic E-state index is 0.638. The minimum absolute atomic E-state index is 0.638. The molecule has 3 nitrogen and oxygen atoms in total. The van der Waals surface area contributed by atoms with Crippen LogP contribution >= 0.6 is 0 Å². The fourth-order valence-electron chi connectivity index (χ4n) is 2.31. The summed E-state index contributed by atoms with van der Waals surface area (Å²) in [4.78, 5) is 6.65. The number of hydrogen-bond acceptors (Lipinski definition) is 3. The van der Waals surface area contributed by atoms with Gasteiger partial charge in [0.05, 0.1) is 5.69 Å². The highest BCUT2D eigenvalue weighted by Crippen LogP contribution is 2.20. The lowest BCUT2D eigenvalue weighted by atomic mass is 10.1. The van der Waals surface area contributed by atoms with Gasteiger partial charge < -0.3 is 9.64 Å². The number of benzene rings is 1. The Morgan fingerprint density at radius 1 is 1.20 bits per heavy atom. The van der Waals surface area contributed by atoms with Gasteiger partial charge in [-0.2, -0.15) is 0 Å². The standard InChI is InChI=1S/C17H18N2O/c1-13-6-7-17(18-9-13)16-5-3-4-15(8-16)11-19-10-14(2)20-12-19/h3-10H,11-12H2,1-2H3. The number of nitrogens with zero attached hydrogens (tertiary/aromatic N) is 2. The van der Waals surface area contributed by atoms with Gasteiger partial charge in [0.2, 0.25) is 0 Å². The predicted octanol–water partition coefficient (Wildman–Crippen LogP) is 3.71. The highest BCUT2D eigenvalue weighted by Gasteiger charge is 2.10. The molecule has 0 atom stereocenters. The highest BCUT2D eigenvalue weighted by molar-refractivity contribution is 5.60. The Morgan fingerprint density at radius 2 is 2.10 bits per heavy atom. The normalized spacial score (nSPS) is 14.1. The quantitative estimate of drug-likeness (QED) is 0.847. The molecule has 1 aromatic carbocycles. The number of ether oxygens (including phenoxy) is 1. The average molecular weight is 266 g/mol. The molecule has 0 spiro atoms. The van der Waals surface area contributed by atoms with Crippen LogP contribution in [0.15, 0.2) is 54.6 Å². The van der Waals surface area contributed by atoms with Crippen molar-refractivity contribution in [2.75, 3.05) is 6.73 Å². The number of allylic oxidation sites excluding steroid dienone is 1. The Labute approximate surface area is 119 Å². The Morgan fingerprint density at radius 3 is 2.80 bits per heavy atom. The summed E-state index contributed by atoms with van der Waals surface area (Å²) in [6.45, 7) is 5.53. The summed E-state index contributed by atoms with van der Waals surface area (Å²) in [6, 6.07) is 12.7. The molecule has 3 rings (SSSR count). The van der Waals surface area contributed by atoms with E-state index in [1.807, 2.05) is 13.1 Å². The third-order valence-corrected chi connectivity index (χ3v) is 3.34. The summed E-state index contributed by atoms with van der Waals surface area (Å²) in [5.41, 5.74) is 4.62. The zero-order valence-corrected chi connectivity index (χ0v) is 11.8. The van der Waals surface area contributed by atoms with Gasteiger partial charge in [0.25, 0.3) is 0 Å². The molecule has 0 bridgehead atoms. The number of aryl methyl sites for hydroxylation is 1. The molecule has 0 radical (unpaired) electrons. The van der Waals surface area contributed by atoms with Gasteiger partial charge in [-0.3, -0.25) is 4.98 Å². The molecule has 0 saturated carbocycles. The molecule has 102 valence electrons. The molecule has 1 aliphatic rings. The van der Waals surface area contributed by atoms with Crippen LogP contribution < -0.4 is 0 Å². The van der Waals surface area contributed by atoms with E-state index in [1.54, 1.807) is 0 Å². The van der Waals surface area contributed by atoms with E-state index in [4.69, 9.17) is 4.74 Å². The number of pyridine rings is 1. The molecule has 20 heavy (non-hydrogen) atoms. The van der Waals surface area contributed by atoms with E-state index in [2.05, 4.69) is 59.4 Å². The Hall–Kier alpha value is -2.29. The smallest absolute Gasteiger partial charge is 0.161 e. The molecular weight excluding hydrogens is 248 g/mol. The summed E-state index contributed by atoms with van der Waals surface area (Å²) in [5, 5.41) is 0. The van der Waals surface area contributed by atoms with Crippen molar-refractivity contribution >= 4 is 0 Å². The molecule has 1 aliphatic heterocycles. The fraction of sp³-hybridized carbons (Fsp3) is 0.235. The van der Waals surface area contributed by atoms with Crippen molar-refractivity contribution < 1.29 is 4.74 Å². The SMILES string of the molecule is CC1=CN(Cc2cccc(-c3ccc(C)cn3)c2)CO1. The fourth-order valence-corrected chi connectivity index (χ4v) is 2.31. The van der Waals surface area contributed by atoms with Crippen LogP contribution in [0, 0.1) is 6.92 Å². The van der Waals surface area contributed by atoms with E-state index >= 15 is 0 Å². The molecular formula is C17H18N2O. The number of aromatic nitrogens is 1. The zero-order valence-electron chi connectivity index (χ0n) is 11.8. The van der Waals surface area contributed by atoms with E-state index < -0.39 is 0 Å². The van der Waals surface area contributed by atoms with Crippen LogP contribution in [0.1, 0.15) is 18.1 Å². The molecule has 0 fully saturated rings. The molecule has 0 aliphatic carbocycles. The minimum Gasteiger partial charge on any atom is -0.476 e. The maximum absolute atomic E-state index is 5.44. The summed E-state index contributed by atoms with van der Waals surface area (Å²) in [5.74, 6) is 0.973. The third kappa shape index (κ3) is 2.82. The molecule has 0 N–H and O–H groups in total. The van der Waals surface area contributed by atoms with Crippen molar-refractivity contribution in [3.05, 3.63) is 65.7 Å². The van der Waals surface area contributed by atoms with Crippen LogP contribution in [0.2, 0.25) is 0 Å². The lowest BCUT2D eigenvalue weighted by Crippen LogP contribution is -2.14. The van der Waals surface area contributed by atoms with Crippen molar-refractivity contribution in [1.82, 2.24) is 9.88 Å². The summed E-state index contributed by atoms with van der Waals surface area (Å²) in [6.07, 6.45) is 3.96. The molecule has 0 amide bonds. The van der Waals surface area contributed by atoms with E-state index in [1.165, 1.54) is 11.1 Å². The first-order valence-corrected chi connectivity index (χ1v) is 6.78. The van der Waals surface area contributed by atoms with Crippen LogP contribution in [-0.2, 0) is 11.3 Å². The van der Waals surface area contributed by atoms with Gasteiger partial charge in [0, 0.05) is 24.5 Å². The summed E-state index contributed by atoms with van der Waals surface area (Å²) >= 11 is 0. The molecule has 0 saturated heterocycles. The van der Waals surface area contributed by atoms with E-state index in [0.29, 0.717) is 6.73 Å². The van der Waals surface area contributed by atoms with Gasteiger partial charge in [-0.25, -0.2) is 0 Å². The first-order chi connectivity index (χ1) is 9.70. The Balaban J connectivity index is 1.81. The van der Waals surface area contributed by atoms with Gasteiger partial charge >= 0.3 is 0 Å². The van der Waals surface area contributed by atoms with Crippen LogP contribution in [0.5, 0.6) is 0 Å². The van der Waals surface area contributed by atoms with E-state index in [9.17, 15) is 0 Å². The van der Waals surface area contributed by atoms with Crippen molar-refractivity contribution in [2.45, 2.75) is 20.4 Å². The molecule has 1 aromatic heterocycles. The Bertz CT molecular complexity index is 632. The first-order valence-electron chi connectivity index (χ1n) is 6.78. The van der Waals surface area contributed by atoms with E-state index in [0.717, 1.165) is 23.6 Å². The maximum atomic E-state index is 5.44. The monoisotopic (exact) mass is 266 g/mol. The maximum Gasteiger partial charge on any atom is 0.161 e. The van der Waals surface area contributed by atoms with Crippen LogP contribution in [0.25, 0.3) is 11.3 Å². The molecule has 0 unspecified atom stereocenters. The van der Waals surface area contributed by atoms with Gasteiger partial charge in [0.1, 0.15) is 5.76 Å². The van der Waals surface area contributed by atoms with Crippen LogP contribution in [-0.4, -0.2) is 16.6 Å². The first kappa shape index (κ1) is 12.7. The second kappa shape index (κ2) is 5.37. The number of rotatable bonds is 3. The average Bonchev–Trinajstić information content (AvgIpc) is 2.85.